The van der Waals surface area contributed by atoms with Crippen LogP contribution in [0.1, 0.15) is 126 Å². The van der Waals surface area contributed by atoms with Gasteiger partial charge in [-0.25, -0.2) is 19.4 Å². The third kappa shape index (κ3) is 22.8. The highest BCUT2D eigenvalue weighted by atomic mass is 32.2. The summed E-state index contributed by atoms with van der Waals surface area (Å²) in [6.07, 6.45) is -20.0. The number of methoxy groups -OCH3 is 2. The van der Waals surface area contributed by atoms with Gasteiger partial charge in [-0.2, -0.15) is 0 Å². The Bertz CT molecular complexity index is 5360. The SMILES string of the molecule is CCc1sccc1CN1CC(O)N(C(=O)OCc2ccc(O[C@@H]3O[C@H](COC(C)=O)[C@H](OC(C)=O)[C@H](OC(C)=O)[C@H]3OC(C)=O)cc2)c2cc(OCc3cc(COc4cc5c(cc4OC)C(=O)N4Cc6ccsc6C[C@H]4C(O)N5C(=O)OCc4ccc(O[C@@H]5O[C@H](COC(C)=O)[C@H](OC(C)=O)[C@H](OC(C)=O)[C@H]5OC(C)=O)cc4)cc(O[S](=O)=O)c3)c(OC)cc2C1=O. The maximum atomic E-state index is 15.0. The lowest BCUT2D eigenvalue weighted by atomic mass is 9.98. The van der Waals surface area contributed by atoms with Crippen molar-refractivity contribution in [2.45, 2.75) is 195 Å². The fourth-order valence-electron chi connectivity index (χ4n) is 14.8. The van der Waals surface area contributed by atoms with Gasteiger partial charge in [0.15, 0.2) is 59.9 Å². The summed E-state index contributed by atoms with van der Waals surface area (Å²) in [6, 6.07) is 23.8. The summed E-state index contributed by atoms with van der Waals surface area (Å²) >= 11 is 2.88. The van der Waals surface area contributed by atoms with Crippen LogP contribution in [0.2, 0.25) is 0 Å². The summed E-state index contributed by atoms with van der Waals surface area (Å²) in [5.41, 5.74) is 2.14. The molecule has 1 radical (unpaired) electrons. The first-order valence-electron chi connectivity index (χ1n) is 39.4. The number of carbonyl (C=O) groups excluding carboxylic acids is 12. The van der Waals surface area contributed by atoms with Crippen LogP contribution in [-0.4, -0.2) is 214 Å². The highest BCUT2D eigenvalue weighted by Crippen LogP contribution is 2.45. The minimum Gasteiger partial charge on any atom is -0.493 e. The molecule has 7 heterocycles. The summed E-state index contributed by atoms with van der Waals surface area (Å²) in [4.78, 5) is 165. The van der Waals surface area contributed by atoms with Crippen LogP contribution < -0.4 is 42.4 Å². The van der Waals surface area contributed by atoms with Crippen molar-refractivity contribution in [3.05, 3.63) is 168 Å². The Labute approximate surface area is 735 Å². The van der Waals surface area contributed by atoms with E-state index in [2.05, 4.69) is 0 Å². The second kappa shape index (κ2) is 41.4. The number of β-amino-alcohol motifs (C(OH)–C–C–N with tert-alkyl or cyclic N) is 1. The summed E-state index contributed by atoms with van der Waals surface area (Å²) in [5.74, 6) is -8.20. The fourth-order valence-corrected chi connectivity index (χ4v) is 16.9. The number of esters is 8. The summed E-state index contributed by atoms with van der Waals surface area (Å²) < 4.78 is 134. The number of ether oxygens (including phenoxy) is 18. The summed E-state index contributed by atoms with van der Waals surface area (Å²) in [5, 5.41) is 28.5. The van der Waals surface area contributed by atoms with Gasteiger partial charge in [-0.1, -0.05) is 31.2 Å². The molecule has 0 aliphatic carbocycles. The van der Waals surface area contributed by atoms with E-state index in [0.29, 0.717) is 17.5 Å². The van der Waals surface area contributed by atoms with Gasteiger partial charge in [-0.05, 0) is 117 Å². The number of fused-ring (bicyclic) bond motifs is 4. The average molecular weight is 1820 g/mol. The molecular formula is C85H89N4O35S3. The lowest BCUT2D eigenvalue weighted by molar-refractivity contribution is -0.288. The van der Waals surface area contributed by atoms with Crippen LogP contribution in [0, 0.1) is 0 Å². The van der Waals surface area contributed by atoms with Crippen LogP contribution in [0.3, 0.4) is 0 Å². The van der Waals surface area contributed by atoms with E-state index in [9.17, 15) is 71.4 Å². The Kier molecular flexibility index (Phi) is 30.4. The standard InChI is InChI=1S/C85H89N4O35S3/c1-12-70-54(21-23-125-70)33-86-35-72(98)88(84(102)112-36-50-13-17-56(18-14-50)120-82-77(118-48(8)96)75(116-46(6)94)73(114-44(4)92)68(122-82)40-108-42(2)90)61-30-66(64(106-10)28-59(61)79(86)99)110-38-52-25-53(27-58(26-52)124-127(104)105)39-111-67-31-62-60(29-65(67)107-11)80(100)87-34-55-22-24-126-71(55)32-63(87)81(101)89(62)85(103)113-37-51-15-19-57(20-16-51)121-83-78(119-49(9)97)76(117-47(7)95)74(115-45(5)93)69(123-83)41-109-43(3)91/h13-31,63,68-69,72-78,81-83,98,101H,12,32-41H2,1-11H3/t63-,68+,69+,72?,73-,74-,75-,76-,77+,78+,81?,82+,83+/m0/s1. The molecular weight excluding hydrogens is 1730 g/mol. The van der Waals surface area contributed by atoms with Gasteiger partial charge in [0.05, 0.1) is 49.3 Å². The quantitative estimate of drug-likeness (QED) is 0.0309. The minimum absolute atomic E-state index is 0.0154. The molecule has 0 saturated carbocycles. The number of aryl methyl sites for hydroxylation is 1. The number of hydrogen-bond donors (Lipinski definition) is 2. The predicted octanol–water partition coefficient (Wildman–Crippen LogP) is 7.80. The zero-order chi connectivity index (χ0) is 91.4. The zero-order valence-corrected chi connectivity index (χ0v) is 72.6. The second-order valence-corrected chi connectivity index (χ2v) is 31.9. The molecule has 13 atom stereocenters. The number of hydrogen-bond acceptors (Lipinski definition) is 37. The first-order chi connectivity index (χ1) is 60.6. The number of nitrogens with zero attached hydrogens (tertiary/aromatic N) is 4. The maximum absolute atomic E-state index is 15.0. The number of rotatable bonds is 31. The van der Waals surface area contributed by atoms with Gasteiger partial charge in [-0.15, -0.1) is 31.1 Å². The monoisotopic (exact) mass is 1820 g/mol. The van der Waals surface area contributed by atoms with Gasteiger partial charge in [0, 0.05) is 96.8 Å². The molecule has 0 bridgehead atoms. The molecule has 0 spiro atoms. The Balaban J connectivity index is 0.792. The van der Waals surface area contributed by atoms with Crippen LogP contribution in [0.5, 0.6) is 40.2 Å². The van der Waals surface area contributed by atoms with E-state index in [0.717, 1.165) is 86.1 Å². The third-order valence-electron chi connectivity index (χ3n) is 20.2. The average Bonchev–Trinajstić information content (AvgIpc) is 1.61. The highest BCUT2D eigenvalue weighted by molar-refractivity contribution is 7.67. The molecule has 39 nitrogen and oxygen atoms in total. The molecule has 677 valence electrons. The normalized spacial score (nSPS) is 21.6. The Morgan fingerprint density at radius 3 is 1.39 bits per heavy atom. The smallest absolute Gasteiger partial charge is 0.416 e. The van der Waals surface area contributed by atoms with Gasteiger partial charge < -0.3 is 109 Å². The molecule has 2 fully saturated rings. The molecule has 4 amide bonds. The highest BCUT2D eigenvalue weighted by Gasteiger charge is 2.56. The molecule has 7 aromatic rings. The minimum atomic E-state index is -3.15. The van der Waals surface area contributed by atoms with E-state index in [4.69, 9.17) is 89.4 Å². The Hall–Kier alpha value is -13.0. The number of benzene rings is 5. The van der Waals surface area contributed by atoms with E-state index in [1.807, 2.05) is 29.8 Å². The third-order valence-corrected chi connectivity index (χ3v) is 22.6. The fraction of sp³-hybridized carbons (Fsp3) is 0.412. The molecule has 5 aliphatic rings. The number of aliphatic hydroxyl groups excluding tert-OH is 2. The van der Waals surface area contributed by atoms with E-state index >= 15 is 4.79 Å². The molecule has 2 aromatic heterocycles. The van der Waals surface area contributed by atoms with Gasteiger partial charge in [0.25, 0.3) is 11.8 Å². The van der Waals surface area contributed by atoms with Gasteiger partial charge >= 0.3 is 70.9 Å². The van der Waals surface area contributed by atoms with Crippen molar-refractivity contribution < 1.29 is 166 Å². The number of thiophene rings is 2. The Morgan fingerprint density at radius 2 is 0.929 bits per heavy atom. The van der Waals surface area contributed by atoms with Crippen LogP contribution in [0.4, 0.5) is 21.0 Å². The molecule has 2 saturated heterocycles. The van der Waals surface area contributed by atoms with Crippen molar-refractivity contribution in [2.24, 2.45) is 0 Å². The number of aliphatic hydroxyl groups is 2. The Morgan fingerprint density at radius 1 is 0.480 bits per heavy atom. The largest absolute Gasteiger partial charge is 0.493 e. The second-order valence-electron chi connectivity index (χ2n) is 29.3. The van der Waals surface area contributed by atoms with Crippen molar-refractivity contribution in [1.82, 2.24) is 9.80 Å². The molecule has 2 N–H and O–H groups in total. The van der Waals surface area contributed by atoms with E-state index < -0.39 is 209 Å². The first kappa shape index (κ1) is 93.2. The lowest BCUT2D eigenvalue weighted by Crippen LogP contribution is -2.63. The molecule has 42 heteroatoms. The van der Waals surface area contributed by atoms with E-state index in [-0.39, 0.29) is 93.4 Å². The molecule has 2 unspecified atom stereocenters. The molecule has 5 aliphatic heterocycles. The maximum Gasteiger partial charge on any atom is 0.416 e. The van der Waals surface area contributed by atoms with Crippen molar-refractivity contribution in [3.8, 4) is 40.2 Å². The van der Waals surface area contributed by atoms with Crippen LogP contribution in [0.15, 0.2) is 114 Å². The van der Waals surface area contributed by atoms with Crippen molar-refractivity contribution >= 4 is 117 Å². The topological polar surface area (TPSA) is 468 Å². The van der Waals surface area contributed by atoms with E-state index in [1.165, 1.54) is 132 Å². The lowest BCUT2D eigenvalue weighted by Gasteiger charge is -2.43. The van der Waals surface area contributed by atoms with Gasteiger partial charge in [-0.3, -0.25) is 47.9 Å². The predicted molar refractivity (Wildman–Crippen MR) is 436 cm³/mol. The van der Waals surface area contributed by atoms with Gasteiger partial charge in [0.2, 0.25) is 24.8 Å². The van der Waals surface area contributed by atoms with Crippen LogP contribution in [0.25, 0.3) is 0 Å². The number of amides is 4. The summed E-state index contributed by atoms with van der Waals surface area (Å²) in [7, 11) is -0.558. The van der Waals surface area contributed by atoms with Gasteiger partial charge in [0.1, 0.15) is 69.1 Å². The molecule has 5 aromatic carbocycles. The molecule has 127 heavy (non-hydrogen) atoms. The molecule has 12 rings (SSSR count). The first-order valence-corrected chi connectivity index (χ1v) is 42.1. The summed E-state index contributed by atoms with van der Waals surface area (Å²) in [6.45, 7) is 7.46. The van der Waals surface area contributed by atoms with Crippen LogP contribution >= 0.6 is 22.7 Å². The van der Waals surface area contributed by atoms with Crippen molar-refractivity contribution in [1.29, 1.82) is 0 Å². The van der Waals surface area contributed by atoms with E-state index in [1.54, 1.807) is 6.07 Å². The zero-order valence-electron chi connectivity index (χ0n) is 70.1. The number of anilines is 2. The number of carbonyl (C=O) groups is 12. The van der Waals surface area contributed by atoms with Crippen molar-refractivity contribution in [2.75, 3.05) is 43.8 Å². The van der Waals surface area contributed by atoms with Crippen molar-refractivity contribution in [3.63, 3.8) is 0 Å². The van der Waals surface area contributed by atoms with Crippen LogP contribution in [-0.2, 0) is 159 Å².